The van der Waals surface area contributed by atoms with Crippen molar-refractivity contribution in [3.05, 3.63) is 29.8 Å². The summed E-state index contributed by atoms with van der Waals surface area (Å²) < 4.78 is 0. The van der Waals surface area contributed by atoms with E-state index in [0.29, 0.717) is 17.8 Å². The number of hydrogen-bond acceptors (Lipinski definition) is 3. The zero-order valence-corrected chi connectivity index (χ0v) is 10.0. The lowest BCUT2D eigenvalue weighted by Gasteiger charge is -2.03. The van der Waals surface area contributed by atoms with E-state index in [9.17, 15) is 9.59 Å². The molecule has 0 aliphatic heterocycles. The number of nitrogens with two attached hydrogens (primary N) is 1. The van der Waals surface area contributed by atoms with Crippen LogP contribution in [0.4, 0.5) is 5.69 Å². The standard InChI is InChI=1S/C13H18N2O2/c1-2-8-15-13(17)7-6-12(16)10-4-3-5-11(14)9-10/h3-5,9H,2,6-8,14H2,1H3,(H,15,17). The number of amides is 1. The average Bonchev–Trinajstić information content (AvgIpc) is 2.33. The molecule has 4 heteroatoms. The Morgan fingerprint density at radius 1 is 1.29 bits per heavy atom. The number of ketones is 1. The van der Waals surface area contributed by atoms with Crippen LogP contribution in [-0.4, -0.2) is 18.2 Å². The molecule has 0 aromatic heterocycles. The molecule has 0 aliphatic rings. The average molecular weight is 234 g/mol. The van der Waals surface area contributed by atoms with Gasteiger partial charge in [0.2, 0.25) is 5.91 Å². The first kappa shape index (κ1) is 13.2. The summed E-state index contributed by atoms with van der Waals surface area (Å²) in [4.78, 5) is 23.1. The van der Waals surface area contributed by atoms with Crippen molar-refractivity contribution in [1.29, 1.82) is 0 Å². The molecule has 0 radical (unpaired) electrons. The van der Waals surface area contributed by atoms with Gasteiger partial charge in [-0.25, -0.2) is 0 Å². The lowest BCUT2D eigenvalue weighted by Crippen LogP contribution is -2.24. The molecule has 1 rings (SSSR count). The predicted molar refractivity (Wildman–Crippen MR) is 67.7 cm³/mol. The quantitative estimate of drug-likeness (QED) is 0.582. The Morgan fingerprint density at radius 3 is 2.71 bits per heavy atom. The molecule has 17 heavy (non-hydrogen) atoms. The number of rotatable bonds is 6. The first-order valence-corrected chi connectivity index (χ1v) is 5.79. The number of nitrogens with one attached hydrogen (secondary N) is 1. The first-order valence-electron chi connectivity index (χ1n) is 5.79. The topological polar surface area (TPSA) is 72.2 Å². The maximum atomic E-state index is 11.7. The molecule has 0 aliphatic carbocycles. The number of carbonyl (C=O) groups excluding carboxylic acids is 2. The summed E-state index contributed by atoms with van der Waals surface area (Å²) in [6.07, 6.45) is 1.35. The molecule has 0 fully saturated rings. The van der Waals surface area contributed by atoms with Crippen molar-refractivity contribution >= 4 is 17.4 Å². The molecule has 0 spiro atoms. The van der Waals surface area contributed by atoms with Crippen molar-refractivity contribution in [3.8, 4) is 0 Å². The number of hydrogen-bond donors (Lipinski definition) is 2. The van der Waals surface area contributed by atoms with Gasteiger partial charge in [0.05, 0.1) is 0 Å². The van der Waals surface area contributed by atoms with Crippen LogP contribution >= 0.6 is 0 Å². The van der Waals surface area contributed by atoms with Gasteiger partial charge in [-0.15, -0.1) is 0 Å². The second-order valence-corrected chi connectivity index (χ2v) is 3.90. The normalized spacial score (nSPS) is 9.94. The van der Waals surface area contributed by atoms with E-state index in [0.717, 1.165) is 6.42 Å². The molecule has 1 amide bonds. The second kappa shape index (κ2) is 6.68. The summed E-state index contributed by atoms with van der Waals surface area (Å²) in [5, 5.41) is 2.73. The Morgan fingerprint density at radius 2 is 2.06 bits per heavy atom. The first-order chi connectivity index (χ1) is 8.13. The molecule has 1 aromatic rings. The molecule has 4 nitrogen and oxygen atoms in total. The smallest absolute Gasteiger partial charge is 0.220 e. The number of Topliss-reactive ketones (excluding diaryl/α,β-unsaturated/α-hetero) is 1. The Labute approximate surface area is 101 Å². The highest BCUT2D eigenvalue weighted by Crippen LogP contribution is 2.09. The van der Waals surface area contributed by atoms with Gasteiger partial charge < -0.3 is 11.1 Å². The van der Waals surface area contributed by atoms with E-state index < -0.39 is 0 Å². The van der Waals surface area contributed by atoms with Crippen LogP contribution in [-0.2, 0) is 4.79 Å². The van der Waals surface area contributed by atoms with Crippen molar-refractivity contribution in [3.63, 3.8) is 0 Å². The minimum Gasteiger partial charge on any atom is -0.399 e. The minimum absolute atomic E-state index is 0.0519. The largest absolute Gasteiger partial charge is 0.399 e. The summed E-state index contributed by atoms with van der Waals surface area (Å²) in [7, 11) is 0. The van der Waals surface area contributed by atoms with Crippen LogP contribution in [0.25, 0.3) is 0 Å². The molecule has 0 atom stereocenters. The fourth-order valence-electron chi connectivity index (χ4n) is 1.44. The van der Waals surface area contributed by atoms with Crippen LogP contribution in [0.2, 0.25) is 0 Å². The Kier molecular flexibility index (Phi) is 5.20. The summed E-state index contributed by atoms with van der Waals surface area (Å²) in [6.45, 7) is 2.64. The van der Waals surface area contributed by atoms with E-state index in [2.05, 4.69) is 5.32 Å². The molecule has 0 bridgehead atoms. The van der Waals surface area contributed by atoms with Gasteiger partial charge in [0.1, 0.15) is 0 Å². The molecule has 0 saturated heterocycles. The van der Waals surface area contributed by atoms with E-state index in [1.165, 1.54) is 0 Å². The van der Waals surface area contributed by atoms with Gasteiger partial charge in [0.25, 0.3) is 0 Å². The zero-order chi connectivity index (χ0) is 12.7. The number of carbonyl (C=O) groups is 2. The fourth-order valence-corrected chi connectivity index (χ4v) is 1.44. The summed E-state index contributed by atoms with van der Waals surface area (Å²) in [6, 6.07) is 6.80. The lowest BCUT2D eigenvalue weighted by molar-refractivity contribution is -0.121. The fraction of sp³-hybridized carbons (Fsp3) is 0.385. The molecule has 92 valence electrons. The Hall–Kier alpha value is -1.84. The third-order valence-corrected chi connectivity index (χ3v) is 2.36. The monoisotopic (exact) mass is 234 g/mol. The van der Waals surface area contributed by atoms with Gasteiger partial charge >= 0.3 is 0 Å². The SMILES string of the molecule is CCCNC(=O)CCC(=O)c1cccc(N)c1. The van der Waals surface area contributed by atoms with Gasteiger partial charge in [-0.3, -0.25) is 9.59 Å². The molecule has 0 unspecified atom stereocenters. The van der Waals surface area contributed by atoms with E-state index in [-0.39, 0.29) is 24.5 Å². The van der Waals surface area contributed by atoms with E-state index in [1.807, 2.05) is 6.92 Å². The van der Waals surface area contributed by atoms with Crippen LogP contribution in [0.3, 0.4) is 0 Å². The minimum atomic E-state index is -0.0795. The third-order valence-electron chi connectivity index (χ3n) is 2.36. The molecule has 0 heterocycles. The maximum Gasteiger partial charge on any atom is 0.220 e. The van der Waals surface area contributed by atoms with Crippen LogP contribution in [0.15, 0.2) is 24.3 Å². The molecule has 0 saturated carbocycles. The Balaban J connectivity index is 2.42. The van der Waals surface area contributed by atoms with E-state index in [4.69, 9.17) is 5.73 Å². The Bertz CT molecular complexity index is 402. The number of anilines is 1. The highest BCUT2D eigenvalue weighted by atomic mass is 16.2. The molecule has 3 N–H and O–H groups in total. The van der Waals surface area contributed by atoms with Gasteiger partial charge in [-0.2, -0.15) is 0 Å². The van der Waals surface area contributed by atoms with Gasteiger partial charge in [-0.05, 0) is 18.6 Å². The molecule has 1 aromatic carbocycles. The maximum absolute atomic E-state index is 11.7. The van der Waals surface area contributed by atoms with Crippen LogP contribution in [0, 0.1) is 0 Å². The lowest BCUT2D eigenvalue weighted by atomic mass is 10.1. The van der Waals surface area contributed by atoms with Crippen molar-refractivity contribution in [2.75, 3.05) is 12.3 Å². The van der Waals surface area contributed by atoms with Gasteiger partial charge in [0, 0.05) is 30.6 Å². The van der Waals surface area contributed by atoms with Gasteiger partial charge in [0.15, 0.2) is 5.78 Å². The molecular weight excluding hydrogens is 216 g/mol. The highest BCUT2D eigenvalue weighted by molar-refractivity contribution is 5.98. The van der Waals surface area contributed by atoms with Crippen molar-refractivity contribution in [2.45, 2.75) is 26.2 Å². The van der Waals surface area contributed by atoms with Crippen LogP contribution < -0.4 is 11.1 Å². The van der Waals surface area contributed by atoms with Crippen molar-refractivity contribution in [1.82, 2.24) is 5.32 Å². The third kappa shape index (κ3) is 4.68. The number of nitrogen functional groups attached to an aromatic ring is 1. The van der Waals surface area contributed by atoms with Crippen LogP contribution in [0.5, 0.6) is 0 Å². The van der Waals surface area contributed by atoms with E-state index >= 15 is 0 Å². The zero-order valence-electron chi connectivity index (χ0n) is 10.0. The summed E-state index contributed by atoms with van der Waals surface area (Å²) in [5.41, 5.74) is 6.71. The summed E-state index contributed by atoms with van der Waals surface area (Å²) >= 11 is 0. The molecular formula is C13H18N2O2. The summed E-state index contributed by atoms with van der Waals surface area (Å²) in [5.74, 6) is -0.131. The second-order valence-electron chi connectivity index (χ2n) is 3.90. The van der Waals surface area contributed by atoms with E-state index in [1.54, 1.807) is 24.3 Å². The van der Waals surface area contributed by atoms with Gasteiger partial charge in [-0.1, -0.05) is 19.1 Å². The van der Waals surface area contributed by atoms with Crippen molar-refractivity contribution in [2.24, 2.45) is 0 Å². The highest BCUT2D eigenvalue weighted by Gasteiger charge is 2.08. The number of benzene rings is 1. The van der Waals surface area contributed by atoms with Crippen LogP contribution in [0.1, 0.15) is 36.5 Å². The van der Waals surface area contributed by atoms with Crippen molar-refractivity contribution < 1.29 is 9.59 Å². The predicted octanol–water partition coefficient (Wildman–Crippen LogP) is 1.76.